The highest BCUT2D eigenvalue weighted by molar-refractivity contribution is 5.40. The largest absolute Gasteiger partial charge is 0.383 e. The van der Waals surface area contributed by atoms with Crippen LogP contribution in [0.15, 0.2) is 18.3 Å². The Balaban J connectivity index is 2.40. The molecule has 1 aromatic rings. The number of nitrogens with two attached hydrogens (primary N) is 1. The smallest absolute Gasteiger partial charge is 0.0635 e. The zero-order valence-corrected chi connectivity index (χ0v) is 7.79. The number of rotatable bonds is 5. The minimum Gasteiger partial charge on any atom is -0.383 e. The average Bonchev–Trinajstić information content (AvgIpc) is 2.19. The molecule has 0 aliphatic heterocycles. The van der Waals surface area contributed by atoms with Crippen LogP contribution in [0.4, 0.5) is 5.69 Å². The minimum absolute atomic E-state index is 0.484. The number of pyridine rings is 1. The number of hydrogen-bond acceptors (Lipinski definition) is 4. The Bertz CT molecular complexity index is 235. The number of aromatic nitrogens is 1. The van der Waals surface area contributed by atoms with Crippen LogP contribution in [0, 0.1) is 0 Å². The fourth-order valence-corrected chi connectivity index (χ4v) is 0.947. The molecule has 0 atom stereocenters. The molecule has 4 nitrogen and oxygen atoms in total. The number of methoxy groups -OCH3 is 1. The van der Waals surface area contributed by atoms with Gasteiger partial charge in [-0.3, -0.25) is 4.98 Å². The van der Waals surface area contributed by atoms with Gasteiger partial charge in [0.1, 0.15) is 0 Å². The number of ether oxygens (including phenoxy) is 1. The average molecular weight is 181 g/mol. The number of nitrogens with one attached hydrogen (secondary N) is 1. The molecule has 72 valence electrons. The molecule has 0 radical (unpaired) electrons. The van der Waals surface area contributed by atoms with Crippen molar-refractivity contribution in [1.82, 2.24) is 4.98 Å². The van der Waals surface area contributed by atoms with Crippen LogP contribution in [0.5, 0.6) is 0 Å². The fourth-order valence-electron chi connectivity index (χ4n) is 0.947. The van der Waals surface area contributed by atoms with E-state index in [9.17, 15) is 0 Å². The van der Waals surface area contributed by atoms with Gasteiger partial charge in [-0.05, 0) is 12.1 Å². The highest BCUT2D eigenvalue weighted by Crippen LogP contribution is 2.04. The maximum Gasteiger partial charge on any atom is 0.0635 e. The van der Waals surface area contributed by atoms with Crippen LogP contribution in [-0.2, 0) is 11.3 Å². The molecule has 0 aromatic carbocycles. The van der Waals surface area contributed by atoms with Crippen molar-refractivity contribution in [1.29, 1.82) is 0 Å². The third-order valence-electron chi connectivity index (χ3n) is 1.67. The van der Waals surface area contributed by atoms with E-state index in [-0.39, 0.29) is 0 Å². The summed E-state index contributed by atoms with van der Waals surface area (Å²) in [5.41, 5.74) is 7.31. The molecule has 4 heteroatoms. The summed E-state index contributed by atoms with van der Waals surface area (Å²) >= 11 is 0. The molecule has 0 amide bonds. The van der Waals surface area contributed by atoms with Gasteiger partial charge in [0.05, 0.1) is 24.2 Å². The summed E-state index contributed by atoms with van der Waals surface area (Å²) in [6.45, 7) is 1.97. The topological polar surface area (TPSA) is 60.2 Å². The number of anilines is 1. The maximum absolute atomic E-state index is 5.42. The van der Waals surface area contributed by atoms with Crippen LogP contribution in [0.3, 0.4) is 0 Å². The first-order valence-corrected chi connectivity index (χ1v) is 4.24. The van der Waals surface area contributed by atoms with E-state index in [2.05, 4.69) is 10.3 Å². The molecule has 0 saturated heterocycles. The van der Waals surface area contributed by atoms with Crippen molar-refractivity contribution in [3.05, 3.63) is 24.0 Å². The van der Waals surface area contributed by atoms with Gasteiger partial charge in [-0.1, -0.05) is 0 Å². The quantitative estimate of drug-likeness (QED) is 0.653. The molecule has 13 heavy (non-hydrogen) atoms. The second-order valence-electron chi connectivity index (χ2n) is 2.66. The predicted molar refractivity (Wildman–Crippen MR) is 52.5 cm³/mol. The maximum atomic E-state index is 5.42. The summed E-state index contributed by atoms with van der Waals surface area (Å²) in [4.78, 5) is 4.15. The molecule has 0 aliphatic rings. The Kier molecular flexibility index (Phi) is 4.21. The van der Waals surface area contributed by atoms with E-state index in [4.69, 9.17) is 10.5 Å². The van der Waals surface area contributed by atoms with Crippen molar-refractivity contribution in [3.8, 4) is 0 Å². The summed E-state index contributed by atoms with van der Waals surface area (Å²) < 4.78 is 4.91. The van der Waals surface area contributed by atoms with E-state index < -0.39 is 0 Å². The SMILES string of the molecule is COCCNc1ccc(CN)nc1. The second kappa shape index (κ2) is 5.50. The van der Waals surface area contributed by atoms with Crippen molar-refractivity contribution in [2.24, 2.45) is 5.73 Å². The Morgan fingerprint density at radius 1 is 1.54 bits per heavy atom. The Hall–Kier alpha value is -1.13. The van der Waals surface area contributed by atoms with E-state index in [0.717, 1.165) is 17.9 Å². The van der Waals surface area contributed by atoms with Crippen molar-refractivity contribution in [3.63, 3.8) is 0 Å². The van der Waals surface area contributed by atoms with Gasteiger partial charge < -0.3 is 15.8 Å². The highest BCUT2D eigenvalue weighted by Gasteiger charge is 1.92. The minimum atomic E-state index is 0.484. The predicted octanol–water partition coefficient (Wildman–Crippen LogP) is 0.599. The standard InChI is InChI=1S/C9H15N3O/c1-13-5-4-11-9-3-2-8(6-10)12-7-9/h2-3,7,11H,4-6,10H2,1H3. The Labute approximate surface area is 78.1 Å². The molecule has 0 spiro atoms. The van der Waals surface area contributed by atoms with Crippen LogP contribution >= 0.6 is 0 Å². The molecular weight excluding hydrogens is 166 g/mol. The molecule has 0 fully saturated rings. The Morgan fingerprint density at radius 3 is 2.92 bits per heavy atom. The van der Waals surface area contributed by atoms with E-state index in [0.29, 0.717) is 13.2 Å². The Morgan fingerprint density at radius 2 is 2.38 bits per heavy atom. The summed E-state index contributed by atoms with van der Waals surface area (Å²) in [5, 5.41) is 3.17. The van der Waals surface area contributed by atoms with Crippen LogP contribution in [0.25, 0.3) is 0 Å². The van der Waals surface area contributed by atoms with Crippen LogP contribution in [0.2, 0.25) is 0 Å². The third-order valence-corrected chi connectivity index (χ3v) is 1.67. The lowest BCUT2D eigenvalue weighted by Crippen LogP contribution is -2.08. The second-order valence-corrected chi connectivity index (χ2v) is 2.66. The molecule has 0 bridgehead atoms. The first-order chi connectivity index (χ1) is 6.36. The van der Waals surface area contributed by atoms with E-state index in [1.165, 1.54) is 0 Å². The first kappa shape index (κ1) is 9.95. The van der Waals surface area contributed by atoms with Crippen molar-refractivity contribution in [2.45, 2.75) is 6.54 Å². The molecule has 1 aromatic heterocycles. The highest BCUT2D eigenvalue weighted by atomic mass is 16.5. The molecule has 0 saturated carbocycles. The van der Waals surface area contributed by atoms with Gasteiger partial charge >= 0.3 is 0 Å². The van der Waals surface area contributed by atoms with Crippen molar-refractivity contribution in [2.75, 3.05) is 25.6 Å². The first-order valence-electron chi connectivity index (χ1n) is 4.24. The normalized spacial score (nSPS) is 10.0. The van der Waals surface area contributed by atoms with Gasteiger partial charge in [-0.25, -0.2) is 0 Å². The summed E-state index contributed by atoms with van der Waals surface area (Å²) in [6.07, 6.45) is 1.78. The van der Waals surface area contributed by atoms with Gasteiger partial charge in [0.25, 0.3) is 0 Å². The van der Waals surface area contributed by atoms with Crippen molar-refractivity contribution >= 4 is 5.69 Å². The van der Waals surface area contributed by atoms with E-state index in [1.54, 1.807) is 13.3 Å². The van der Waals surface area contributed by atoms with Crippen LogP contribution in [-0.4, -0.2) is 25.2 Å². The molecule has 1 heterocycles. The zero-order valence-electron chi connectivity index (χ0n) is 7.79. The lowest BCUT2D eigenvalue weighted by Gasteiger charge is -2.05. The van der Waals surface area contributed by atoms with E-state index >= 15 is 0 Å². The monoisotopic (exact) mass is 181 g/mol. The molecule has 0 aliphatic carbocycles. The summed E-state index contributed by atoms with van der Waals surface area (Å²) in [5.74, 6) is 0. The van der Waals surface area contributed by atoms with Gasteiger partial charge in [0.15, 0.2) is 0 Å². The summed E-state index contributed by atoms with van der Waals surface area (Å²) in [7, 11) is 1.68. The molecule has 3 N–H and O–H groups in total. The number of nitrogens with zero attached hydrogens (tertiary/aromatic N) is 1. The molecular formula is C9H15N3O. The summed E-state index contributed by atoms with van der Waals surface area (Å²) in [6, 6.07) is 3.87. The zero-order chi connectivity index (χ0) is 9.52. The van der Waals surface area contributed by atoms with E-state index in [1.807, 2.05) is 12.1 Å². The number of hydrogen-bond donors (Lipinski definition) is 2. The molecule has 0 unspecified atom stereocenters. The van der Waals surface area contributed by atoms with Gasteiger partial charge in [0.2, 0.25) is 0 Å². The van der Waals surface area contributed by atoms with Gasteiger partial charge in [0, 0.05) is 20.2 Å². The lowest BCUT2D eigenvalue weighted by atomic mass is 10.3. The molecule has 1 rings (SSSR count). The van der Waals surface area contributed by atoms with Gasteiger partial charge in [-0.2, -0.15) is 0 Å². The third kappa shape index (κ3) is 3.40. The lowest BCUT2D eigenvalue weighted by molar-refractivity contribution is 0.211. The van der Waals surface area contributed by atoms with Crippen molar-refractivity contribution < 1.29 is 4.74 Å². The fraction of sp³-hybridized carbons (Fsp3) is 0.444. The van der Waals surface area contributed by atoms with Crippen LogP contribution in [0.1, 0.15) is 5.69 Å². The van der Waals surface area contributed by atoms with Gasteiger partial charge in [-0.15, -0.1) is 0 Å². The van der Waals surface area contributed by atoms with Crippen LogP contribution < -0.4 is 11.1 Å².